The van der Waals surface area contributed by atoms with E-state index in [2.05, 4.69) is 13.2 Å². The first-order valence-corrected chi connectivity index (χ1v) is 17.8. The maximum absolute atomic E-state index is 12.5. The molecular formula is C35H34O12P2. The first-order chi connectivity index (χ1) is 23.0. The van der Waals surface area contributed by atoms with Gasteiger partial charge in [-0.25, -0.2) is 9.59 Å². The van der Waals surface area contributed by atoms with Crippen molar-refractivity contribution in [2.45, 2.75) is 19.3 Å². The summed E-state index contributed by atoms with van der Waals surface area (Å²) in [7, 11) is -9.31. The van der Waals surface area contributed by atoms with Crippen LogP contribution in [0.5, 0.6) is 23.0 Å². The summed E-state index contributed by atoms with van der Waals surface area (Å²) in [6, 6.07) is 25.1. The van der Waals surface area contributed by atoms with Crippen LogP contribution < -0.4 is 29.6 Å². The summed E-state index contributed by atoms with van der Waals surface area (Å²) in [4.78, 5) is 62.9. The van der Waals surface area contributed by atoms with Gasteiger partial charge in [-0.15, -0.1) is 0 Å². The van der Waals surface area contributed by atoms with Crippen molar-refractivity contribution in [1.29, 1.82) is 0 Å². The van der Waals surface area contributed by atoms with E-state index < -0.39 is 43.2 Å². The second-order valence-corrected chi connectivity index (χ2v) is 14.4. The molecule has 0 atom stereocenters. The molecule has 0 fully saturated rings. The topological polar surface area (TPSA) is 186 Å². The second kappa shape index (κ2) is 15.2. The summed E-state index contributed by atoms with van der Waals surface area (Å²) >= 11 is 0. The van der Waals surface area contributed by atoms with Gasteiger partial charge >= 0.3 is 27.1 Å². The minimum absolute atomic E-state index is 0.0575. The normalized spacial score (nSPS) is 11.7. The Kier molecular flexibility index (Phi) is 11.5. The van der Waals surface area contributed by atoms with Crippen LogP contribution in [0.25, 0.3) is 0 Å². The van der Waals surface area contributed by atoms with E-state index in [1.54, 1.807) is 24.3 Å². The zero-order chi connectivity index (χ0) is 36.0. The first-order valence-electron chi connectivity index (χ1n) is 14.5. The van der Waals surface area contributed by atoms with Gasteiger partial charge in [0.25, 0.3) is 0 Å². The molecular weight excluding hydrogens is 674 g/mol. The largest absolute Gasteiger partial charge is 0.489 e. The van der Waals surface area contributed by atoms with Crippen molar-refractivity contribution in [3.8, 4) is 23.0 Å². The number of hydrogen-bond donors (Lipinski definition) is 4. The van der Waals surface area contributed by atoms with Crippen LogP contribution in [-0.2, 0) is 24.1 Å². The van der Waals surface area contributed by atoms with E-state index in [4.69, 9.17) is 18.9 Å². The molecule has 4 aromatic rings. The van der Waals surface area contributed by atoms with Gasteiger partial charge in [0.05, 0.1) is 11.1 Å². The van der Waals surface area contributed by atoms with Crippen molar-refractivity contribution in [2.24, 2.45) is 0 Å². The summed E-state index contributed by atoms with van der Waals surface area (Å²) in [5.74, 6) is -1.39. The van der Waals surface area contributed by atoms with E-state index in [0.717, 1.165) is 11.1 Å². The highest BCUT2D eigenvalue weighted by Crippen LogP contribution is 2.38. The highest BCUT2D eigenvalue weighted by atomic mass is 31.2. The van der Waals surface area contributed by atoms with Crippen molar-refractivity contribution in [3.05, 3.63) is 132 Å². The van der Waals surface area contributed by atoms with Crippen LogP contribution >= 0.6 is 15.2 Å². The summed E-state index contributed by atoms with van der Waals surface area (Å²) in [6.07, 6.45) is 0. The summed E-state index contributed by atoms with van der Waals surface area (Å²) in [5.41, 5.74) is 1.34. The third-order valence-electron chi connectivity index (χ3n) is 7.32. The Labute approximate surface area is 282 Å². The van der Waals surface area contributed by atoms with Crippen molar-refractivity contribution in [3.63, 3.8) is 0 Å². The van der Waals surface area contributed by atoms with Gasteiger partial charge in [-0.2, -0.15) is 0 Å². The SMILES string of the molecule is C=C(COc1ccc(C(C)(C)c2ccc(OCC(=C)C(=O)Oc3ccccc3P(=O)(O)O)cc2)cc1)C(=O)Oc1ccccc1P(=O)(O)O. The molecule has 0 aliphatic rings. The van der Waals surface area contributed by atoms with Gasteiger partial charge in [-0.05, 0) is 59.7 Å². The summed E-state index contributed by atoms with van der Waals surface area (Å²) < 4.78 is 45.0. The lowest BCUT2D eigenvalue weighted by Gasteiger charge is -2.26. The summed E-state index contributed by atoms with van der Waals surface area (Å²) in [5, 5.41) is -0.819. The summed E-state index contributed by atoms with van der Waals surface area (Å²) in [6.45, 7) is 10.9. The molecule has 4 N–H and O–H groups in total. The molecule has 0 saturated heterocycles. The minimum atomic E-state index is -4.66. The Hall–Kier alpha value is -4.80. The molecule has 0 aliphatic heterocycles. The van der Waals surface area contributed by atoms with Crippen molar-refractivity contribution in [1.82, 2.24) is 0 Å². The molecule has 49 heavy (non-hydrogen) atoms. The van der Waals surface area contributed by atoms with Crippen LogP contribution in [0.1, 0.15) is 25.0 Å². The van der Waals surface area contributed by atoms with Gasteiger partial charge in [0.1, 0.15) is 46.8 Å². The first kappa shape index (κ1) is 37.0. The molecule has 0 heterocycles. The lowest BCUT2D eigenvalue weighted by Crippen LogP contribution is -2.20. The molecule has 0 aromatic heterocycles. The number of benzene rings is 4. The number of ether oxygens (including phenoxy) is 4. The van der Waals surface area contributed by atoms with Crippen LogP contribution in [0.3, 0.4) is 0 Å². The maximum Gasteiger partial charge on any atom is 0.359 e. The van der Waals surface area contributed by atoms with E-state index in [1.807, 2.05) is 38.1 Å². The lowest BCUT2D eigenvalue weighted by molar-refractivity contribution is -0.131. The van der Waals surface area contributed by atoms with Crippen molar-refractivity contribution in [2.75, 3.05) is 13.2 Å². The Morgan fingerprint density at radius 1 is 0.592 bits per heavy atom. The predicted octanol–water partition coefficient (Wildman–Crippen LogP) is 4.70. The van der Waals surface area contributed by atoms with Crippen LogP contribution in [-0.4, -0.2) is 44.7 Å². The highest BCUT2D eigenvalue weighted by molar-refractivity contribution is 7.60. The van der Waals surface area contributed by atoms with Gasteiger partial charge in [-0.3, -0.25) is 9.13 Å². The average Bonchev–Trinajstić information content (AvgIpc) is 3.06. The Bertz CT molecular complexity index is 1810. The number of esters is 2. The van der Waals surface area contributed by atoms with E-state index in [-0.39, 0.29) is 35.9 Å². The molecule has 0 saturated carbocycles. The molecule has 0 amide bonds. The minimum Gasteiger partial charge on any atom is -0.489 e. The standard InChI is InChI=1S/C35H34O12P2/c1-23(33(36)46-29-9-5-7-11-31(29)48(38,39)40)21-44-27-17-13-25(14-18-27)35(3,4)26-15-19-28(20-16-26)45-22-24(2)34(37)47-30-10-6-8-12-32(30)49(41,42)43/h5-20H,1-2,21-22H2,3-4H3,(H2,38,39,40)(H2,41,42,43). The Balaban J connectivity index is 1.30. The number of carbonyl (C=O) groups excluding carboxylic acids is 2. The number of para-hydroxylation sites is 2. The molecule has 12 nitrogen and oxygen atoms in total. The fourth-order valence-corrected chi connectivity index (χ4v) is 5.85. The fraction of sp³-hybridized carbons (Fsp3) is 0.143. The van der Waals surface area contributed by atoms with Crippen LogP contribution in [0.2, 0.25) is 0 Å². The highest BCUT2D eigenvalue weighted by Gasteiger charge is 2.26. The smallest absolute Gasteiger partial charge is 0.359 e. The Morgan fingerprint density at radius 2 is 0.918 bits per heavy atom. The van der Waals surface area contributed by atoms with Crippen molar-refractivity contribution < 1.29 is 57.2 Å². The van der Waals surface area contributed by atoms with Crippen molar-refractivity contribution >= 4 is 37.7 Å². The van der Waals surface area contributed by atoms with E-state index in [9.17, 15) is 38.3 Å². The van der Waals surface area contributed by atoms with E-state index in [1.165, 1.54) is 48.5 Å². The molecule has 14 heteroatoms. The maximum atomic E-state index is 12.5. The van der Waals surface area contributed by atoms with Crippen LogP contribution in [0.15, 0.2) is 121 Å². The quantitative estimate of drug-likeness (QED) is 0.0614. The fourth-order valence-electron chi connectivity index (χ4n) is 4.47. The molecule has 4 aromatic carbocycles. The van der Waals surface area contributed by atoms with Gasteiger partial charge < -0.3 is 38.5 Å². The van der Waals surface area contributed by atoms with Crippen LogP contribution in [0, 0.1) is 0 Å². The van der Waals surface area contributed by atoms with Gasteiger partial charge in [0, 0.05) is 5.41 Å². The van der Waals surface area contributed by atoms with Crippen LogP contribution in [0.4, 0.5) is 0 Å². The molecule has 0 bridgehead atoms. The average molecular weight is 709 g/mol. The van der Waals surface area contributed by atoms with Gasteiger partial charge in [0.2, 0.25) is 0 Å². The molecule has 0 radical (unpaired) electrons. The number of carbonyl (C=O) groups is 2. The molecule has 0 aliphatic carbocycles. The Morgan fingerprint density at radius 3 is 1.24 bits per heavy atom. The molecule has 256 valence electrons. The van der Waals surface area contributed by atoms with E-state index in [0.29, 0.717) is 11.5 Å². The molecule has 4 rings (SSSR count). The molecule has 0 spiro atoms. The van der Waals surface area contributed by atoms with Gasteiger partial charge in [0.15, 0.2) is 0 Å². The predicted molar refractivity (Wildman–Crippen MR) is 182 cm³/mol. The third-order valence-corrected chi connectivity index (χ3v) is 9.31. The molecule has 0 unspecified atom stereocenters. The zero-order valence-electron chi connectivity index (χ0n) is 26.5. The zero-order valence-corrected chi connectivity index (χ0v) is 28.3. The lowest BCUT2D eigenvalue weighted by atomic mass is 9.78. The number of hydrogen-bond acceptors (Lipinski definition) is 8. The third kappa shape index (κ3) is 9.64. The number of rotatable bonds is 14. The monoisotopic (exact) mass is 708 g/mol. The second-order valence-electron chi connectivity index (χ2n) is 11.3. The van der Waals surface area contributed by atoms with Gasteiger partial charge in [-0.1, -0.05) is 75.5 Å². The van der Waals surface area contributed by atoms with E-state index >= 15 is 0 Å².